The number of aromatic nitrogens is 2. The molecule has 0 aliphatic rings. The van der Waals surface area contributed by atoms with E-state index in [9.17, 15) is 4.79 Å². The molecule has 0 aliphatic carbocycles. The SMILES string of the molecule is CCCCCC(C)(C)CNc1cnn(C(C)C)c(=O)c1Br. The molecule has 120 valence electrons. The van der Waals surface area contributed by atoms with Crippen LogP contribution in [0, 0.1) is 5.41 Å². The van der Waals surface area contributed by atoms with Gasteiger partial charge in [-0.15, -0.1) is 0 Å². The van der Waals surface area contributed by atoms with Crippen LogP contribution in [0.5, 0.6) is 0 Å². The predicted molar refractivity (Wildman–Crippen MR) is 93.0 cm³/mol. The number of rotatable bonds is 8. The minimum absolute atomic E-state index is 0.0633. The second-order valence-electron chi connectivity index (χ2n) is 6.69. The van der Waals surface area contributed by atoms with Gasteiger partial charge < -0.3 is 5.32 Å². The van der Waals surface area contributed by atoms with Crippen LogP contribution in [-0.2, 0) is 0 Å². The third-order valence-corrected chi connectivity index (χ3v) is 4.41. The molecule has 0 unspecified atom stereocenters. The van der Waals surface area contributed by atoms with Crippen molar-refractivity contribution in [1.82, 2.24) is 9.78 Å². The average Bonchev–Trinajstić information content (AvgIpc) is 2.40. The molecule has 0 spiro atoms. The van der Waals surface area contributed by atoms with Crippen molar-refractivity contribution in [3.05, 3.63) is 21.0 Å². The Labute approximate surface area is 136 Å². The van der Waals surface area contributed by atoms with Crippen LogP contribution in [0.2, 0.25) is 0 Å². The quantitative estimate of drug-likeness (QED) is 0.691. The van der Waals surface area contributed by atoms with Gasteiger partial charge >= 0.3 is 0 Å². The molecule has 1 aromatic heterocycles. The minimum atomic E-state index is -0.0845. The topological polar surface area (TPSA) is 46.9 Å². The first-order chi connectivity index (χ1) is 9.78. The third-order valence-electron chi connectivity index (χ3n) is 3.65. The van der Waals surface area contributed by atoms with E-state index in [0.717, 1.165) is 12.2 Å². The van der Waals surface area contributed by atoms with Crippen molar-refractivity contribution in [3.8, 4) is 0 Å². The zero-order chi connectivity index (χ0) is 16.0. The van der Waals surface area contributed by atoms with Gasteiger partial charge in [0.05, 0.1) is 17.9 Å². The highest BCUT2D eigenvalue weighted by molar-refractivity contribution is 9.10. The molecule has 0 radical (unpaired) electrons. The molecular weight excluding hydrogens is 330 g/mol. The van der Waals surface area contributed by atoms with Crippen LogP contribution in [0.25, 0.3) is 0 Å². The summed E-state index contributed by atoms with van der Waals surface area (Å²) in [5.41, 5.74) is 0.904. The lowest BCUT2D eigenvalue weighted by Gasteiger charge is -2.26. The Morgan fingerprint density at radius 3 is 2.62 bits per heavy atom. The van der Waals surface area contributed by atoms with Gasteiger partial charge in [-0.1, -0.05) is 40.0 Å². The summed E-state index contributed by atoms with van der Waals surface area (Å²) >= 11 is 3.40. The lowest BCUT2D eigenvalue weighted by Crippen LogP contribution is -2.28. The largest absolute Gasteiger partial charge is 0.382 e. The van der Waals surface area contributed by atoms with Crippen LogP contribution in [0.3, 0.4) is 0 Å². The molecule has 4 nitrogen and oxygen atoms in total. The van der Waals surface area contributed by atoms with E-state index in [-0.39, 0.29) is 17.0 Å². The molecule has 1 aromatic rings. The Kier molecular flexibility index (Phi) is 6.91. The second kappa shape index (κ2) is 7.97. The van der Waals surface area contributed by atoms with Crippen LogP contribution in [-0.4, -0.2) is 16.3 Å². The monoisotopic (exact) mass is 357 g/mol. The molecule has 0 fully saturated rings. The molecule has 0 amide bonds. The normalized spacial score (nSPS) is 12.0. The van der Waals surface area contributed by atoms with Gasteiger partial charge in [-0.05, 0) is 41.6 Å². The van der Waals surface area contributed by atoms with Gasteiger partial charge in [0.2, 0.25) is 0 Å². The fourth-order valence-electron chi connectivity index (χ4n) is 2.21. The predicted octanol–water partition coefficient (Wildman–Crippen LogP) is 4.61. The van der Waals surface area contributed by atoms with Gasteiger partial charge in [-0.3, -0.25) is 4.79 Å². The zero-order valence-electron chi connectivity index (χ0n) is 13.9. The molecule has 0 aliphatic heterocycles. The van der Waals surface area contributed by atoms with Gasteiger partial charge in [0.25, 0.3) is 5.56 Å². The highest BCUT2D eigenvalue weighted by Crippen LogP contribution is 2.26. The minimum Gasteiger partial charge on any atom is -0.382 e. The highest BCUT2D eigenvalue weighted by atomic mass is 79.9. The highest BCUT2D eigenvalue weighted by Gasteiger charge is 2.18. The zero-order valence-corrected chi connectivity index (χ0v) is 15.5. The maximum absolute atomic E-state index is 12.2. The fraction of sp³-hybridized carbons (Fsp3) is 0.750. The molecule has 0 saturated heterocycles. The average molecular weight is 358 g/mol. The van der Waals surface area contributed by atoms with Gasteiger partial charge in [0.15, 0.2) is 0 Å². The number of anilines is 1. The number of halogens is 1. The molecule has 0 atom stereocenters. The van der Waals surface area contributed by atoms with Crippen molar-refractivity contribution in [2.24, 2.45) is 5.41 Å². The third kappa shape index (κ3) is 5.46. The Morgan fingerprint density at radius 1 is 1.38 bits per heavy atom. The van der Waals surface area contributed by atoms with Crippen molar-refractivity contribution in [3.63, 3.8) is 0 Å². The van der Waals surface area contributed by atoms with Gasteiger partial charge in [-0.2, -0.15) is 5.10 Å². The summed E-state index contributed by atoms with van der Waals surface area (Å²) in [5.74, 6) is 0. The lowest BCUT2D eigenvalue weighted by atomic mass is 9.87. The smallest absolute Gasteiger partial charge is 0.283 e. The molecule has 0 saturated carbocycles. The standard InChI is InChI=1S/C16H28BrN3O/c1-6-7-8-9-16(4,5)11-18-13-10-19-20(12(2)3)15(21)14(13)17/h10,12,18H,6-9,11H2,1-5H3. The van der Waals surface area contributed by atoms with E-state index in [0.29, 0.717) is 4.47 Å². The van der Waals surface area contributed by atoms with E-state index in [1.165, 1.54) is 30.4 Å². The van der Waals surface area contributed by atoms with Crippen LogP contribution >= 0.6 is 15.9 Å². The summed E-state index contributed by atoms with van der Waals surface area (Å²) in [7, 11) is 0. The van der Waals surface area contributed by atoms with Crippen molar-refractivity contribution < 1.29 is 0 Å². The molecule has 0 bridgehead atoms. The number of nitrogens with one attached hydrogen (secondary N) is 1. The molecule has 1 heterocycles. The van der Waals surface area contributed by atoms with E-state index < -0.39 is 0 Å². The van der Waals surface area contributed by atoms with Crippen LogP contribution in [0.4, 0.5) is 5.69 Å². The van der Waals surface area contributed by atoms with Crippen molar-refractivity contribution in [1.29, 1.82) is 0 Å². The van der Waals surface area contributed by atoms with Crippen LogP contribution in [0.1, 0.15) is 66.3 Å². The number of unbranched alkanes of at least 4 members (excludes halogenated alkanes) is 2. The van der Waals surface area contributed by atoms with E-state index in [1.807, 2.05) is 13.8 Å². The van der Waals surface area contributed by atoms with Crippen molar-refractivity contribution in [2.45, 2.75) is 66.3 Å². The maximum atomic E-state index is 12.2. The molecule has 1 rings (SSSR count). The van der Waals surface area contributed by atoms with E-state index in [2.05, 4.69) is 47.1 Å². The molecule has 0 aromatic carbocycles. The van der Waals surface area contributed by atoms with E-state index in [1.54, 1.807) is 6.20 Å². The van der Waals surface area contributed by atoms with E-state index >= 15 is 0 Å². The Hall–Kier alpha value is -0.840. The second-order valence-corrected chi connectivity index (χ2v) is 7.48. The Morgan fingerprint density at radius 2 is 2.05 bits per heavy atom. The van der Waals surface area contributed by atoms with Gasteiger partial charge in [-0.25, -0.2) is 4.68 Å². The van der Waals surface area contributed by atoms with E-state index in [4.69, 9.17) is 0 Å². The molecule has 21 heavy (non-hydrogen) atoms. The molecule has 1 N–H and O–H groups in total. The first-order valence-electron chi connectivity index (χ1n) is 7.79. The summed E-state index contributed by atoms with van der Waals surface area (Å²) in [4.78, 5) is 12.2. The summed E-state index contributed by atoms with van der Waals surface area (Å²) in [6.07, 6.45) is 6.68. The summed E-state index contributed by atoms with van der Waals surface area (Å²) in [6.45, 7) is 11.5. The first-order valence-corrected chi connectivity index (χ1v) is 8.59. The van der Waals surface area contributed by atoms with Crippen LogP contribution < -0.4 is 10.9 Å². The summed E-state index contributed by atoms with van der Waals surface area (Å²) < 4.78 is 2.05. The van der Waals surface area contributed by atoms with Crippen LogP contribution in [0.15, 0.2) is 15.5 Å². The fourth-order valence-corrected chi connectivity index (χ4v) is 2.64. The first kappa shape index (κ1) is 18.2. The number of hydrogen-bond acceptors (Lipinski definition) is 3. The lowest BCUT2D eigenvalue weighted by molar-refractivity contribution is 0.342. The van der Waals surface area contributed by atoms with Crippen molar-refractivity contribution in [2.75, 3.05) is 11.9 Å². The summed E-state index contributed by atoms with van der Waals surface area (Å²) in [5, 5.41) is 7.59. The number of nitrogens with zero attached hydrogens (tertiary/aromatic N) is 2. The Balaban J connectivity index is 2.72. The summed E-state index contributed by atoms with van der Waals surface area (Å²) in [6, 6.07) is 0.0633. The number of hydrogen-bond donors (Lipinski definition) is 1. The van der Waals surface area contributed by atoms with Gasteiger partial charge in [0.1, 0.15) is 4.47 Å². The molecule has 5 heteroatoms. The Bertz CT molecular complexity index is 509. The van der Waals surface area contributed by atoms with Crippen molar-refractivity contribution >= 4 is 21.6 Å². The maximum Gasteiger partial charge on any atom is 0.283 e. The van der Waals surface area contributed by atoms with Gasteiger partial charge in [0, 0.05) is 6.54 Å². The molecular formula is C16H28BrN3O.